The number of carboxylic acids is 1. The van der Waals surface area contributed by atoms with E-state index in [1.165, 1.54) is 18.2 Å². The molecule has 0 spiro atoms. The molecule has 2 rings (SSSR count). The van der Waals surface area contributed by atoms with Crippen LogP contribution in [0.3, 0.4) is 0 Å². The van der Waals surface area contributed by atoms with Crippen molar-refractivity contribution in [2.45, 2.75) is 0 Å². The lowest BCUT2D eigenvalue weighted by Gasteiger charge is -2.04. The first-order chi connectivity index (χ1) is 7.08. The third-order valence-corrected chi connectivity index (χ3v) is 2.15. The van der Waals surface area contributed by atoms with Crippen molar-refractivity contribution in [3.63, 3.8) is 0 Å². The molecule has 0 unspecified atom stereocenters. The predicted molar refractivity (Wildman–Crippen MR) is 54.2 cm³/mol. The minimum atomic E-state index is -1.14. The molecular weight excluding hydrogens is 196 g/mol. The normalized spacial score (nSPS) is 10.4. The van der Waals surface area contributed by atoms with E-state index < -0.39 is 5.97 Å². The van der Waals surface area contributed by atoms with E-state index in [1.807, 2.05) is 0 Å². The van der Waals surface area contributed by atoms with Crippen molar-refractivity contribution in [1.82, 2.24) is 0 Å². The van der Waals surface area contributed by atoms with Gasteiger partial charge in [-0.2, -0.15) is 0 Å². The Bertz CT molecular complexity index is 546. The second-order valence-electron chi connectivity index (χ2n) is 3.20. The van der Waals surface area contributed by atoms with Gasteiger partial charge >= 0.3 is 5.97 Å². The Kier molecular flexibility index (Phi) is 1.97. The molecule has 0 saturated heterocycles. The third kappa shape index (κ3) is 1.57. The van der Waals surface area contributed by atoms with E-state index in [1.54, 1.807) is 6.07 Å². The molecule has 2 aromatic rings. The van der Waals surface area contributed by atoms with Gasteiger partial charge in [-0.1, -0.05) is 6.07 Å². The highest BCUT2D eigenvalue weighted by Gasteiger charge is 2.10. The maximum Gasteiger partial charge on any atom is 0.336 e. The number of phenolic OH excluding ortho intramolecular Hbond substituents is 2. The minimum absolute atomic E-state index is 0.00399. The lowest BCUT2D eigenvalue weighted by atomic mass is 10.0. The molecule has 4 nitrogen and oxygen atoms in total. The molecule has 2 aromatic carbocycles. The average Bonchev–Trinajstić information content (AvgIpc) is 2.17. The SMILES string of the molecule is O=C(O)c1cc(O)cc2ccc(O)cc12. The van der Waals surface area contributed by atoms with Crippen LogP contribution < -0.4 is 0 Å². The zero-order chi connectivity index (χ0) is 11.0. The second kappa shape index (κ2) is 3.16. The van der Waals surface area contributed by atoms with E-state index in [0.717, 1.165) is 6.07 Å². The van der Waals surface area contributed by atoms with Gasteiger partial charge in [0.25, 0.3) is 0 Å². The van der Waals surface area contributed by atoms with Gasteiger partial charge in [-0.05, 0) is 29.7 Å². The number of aromatic hydroxyl groups is 2. The molecule has 3 N–H and O–H groups in total. The Labute approximate surface area is 85.0 Å². The van der Waals surface area contributed by atoms with Gasteiger partial charge in [0.15, 0.2) is 0 Å². The third-order valence-electron chi connectivity index (χ3n) is 2.15. The summed E-state index contributed by atoms with van der Waals surface area (Å²) >= 11 is 0. The summed E-state index contributed by atoms with van der Waals surface area (Å²) < 4.78 is 0. The highest BCUT2D eigenvalue weighted by Crippen LogP contribution is 2.27. The van der Waals surface area contributed by atoms with Crippen molar-refractivity contribution in [2.24, 2.45) is 0 Å². The van der Waals surface area contributed by atoms with Crippen LogP contribution in [0.4, 0.5) is 0 Å². The number of benzene rings is 2. The first kappa shape index (κ1) is 9.33. The molecule has 0 saturated carbocycles. The van der Waals surface area contributed by atoms with E-state index in [4.69, 9.17) is 5.11 Å². The van der Waals surface area contributed by atoms with Crippen LogP contribution in [0, 0.1) is 0 Å². The van der Waals surface area contributed by atoms with Crippen LogP contribution in [0.5, 0.6) is 11.5 Å². The van der Waals surface area contributed by atoms with Crippen LogP contribution in [0.2, 0.25) is 0 Å². The van der Waals surface area contributed by atoms with Crippen LogP contribution in [-0.4, -0.2) is 21.3 Å². The van der Waals surface area contributed by atoms with Crippen molar-refractivity contribution in [2.75, 3.05) is 0 Å². The summed E-state index contributed by atoms with van der Waals surface area (Å²) in [5.41, 5.74) is -0.0269. The van der Waals surface area contributed by atoms with E-state index in [-0.39, 0.29) is 17.1 Å². The van der Waals surface area contributed by atoms with E-state index in [0.29, 0.717) is 10.8 Å². The molecule has 0 atom stereocenters. The van der Waals surface area contributed by atoms with Crippen LogP contribution in [0.15, 0.2) is 30.3 Å². The maximum absolute atomic E-state index is 10.9. The van der Waals surface area contributed by atoms with Crippen LogP contribution >= 0.6 is 0 Å². The molecule has 76 valence electrons. The monoisotopic (exact) mass is 204 g/mol. The largest absolute Gasteiger partial charge is 0.508 e. The predicted octanol–water partition coefficient (Wildman–Crippen LogP) is 1.95. The zero-order valence-corrected chi connectivity index (χ0v) is 7.64. The summed E-state index contributed by atoms with van der Waals surface area (Å²) in [6, 6.07) is 6.95. The molecule has 0 aliphatic carbocycles. The van der Waals surface area contributed by atoms with E-state index >= 15 is 0 Å². The topological polar surface area (TPSA) is 77.8 Å². The Morgan fingerprint density at radius 3 is 2.40 bits per heavy atom. The summed E-state index contributed by atoms with van der Waals surface area (Å²) in [6.45, 7) is 0. The minimum Gasteiger partial charge on any atom is -0.508 e. The van der Waals surface area contributed by atoms with Crippen LogP contribution in [0.1, 0.15) is 10.4 Å². The second-order valence-corrected chi connectivity index (χ2v) is 3.20. The fourth-order valence-electron chi connectivity index (χ4n) is 1.51. The fourth-order valence-corrected chi connectivity index (χ4v) is 1.51. The van der Waals surface area contributed by atoms with Crippen molar-refractivity contribution in [1.29, 1.82) is 0 Å². The number of hydrogen-bond donors (Lipinski definition) is 3. The lowest BCUT2D eigenvalue weighted by molar-refractivity contribution is 0.0698. The van der Waals surface area contributed by atoms with Gasteiger partial charge in [0.2, 0.25) is 0 Å². The summed E-state index contributed by atoms with van der Waals surface area (Å²) in [6.07, 6.45) is 0. The first-order valence-electron chi connectivity index (χ1n) is 4.27. The van der Waals surface area contributed by atoms with Gasteiger partial charge in [-0.3, -0.25) is 0 Å². The molecule has 0 aliphatic rings. The van der Waals surface area contributed by atoms with E-state index in [9.17, 15) is 15.0 Å². The van der Waals surface area contributed by atoms with Crippen molar-refractivity contribution in [3.8, 4) is 11.5 Å². The van der Waals surface area contributed by atoms with Gasteiger partial charge in [0.1, 0.15) is 11.5 Å². The van der Waals surface area contributed by atoms with Gasteiger partial charge < -0.3 is 15.3 Å². The Hall–Kier alpha value is -2.23. The van der Waals surface area contributed by atoms with Crippen molar-refractivity contribution >= 4 is 16.7 Å². The van der Waals surface area contributed by atoms with Crippen molar-refractivity contribution in [3.05, 3.63) is 35.9 Å². The average molecular weight is 204 g/mol. The van der Waals surface area contributed by atoms with Crippen molar-refractivity contribution < 1.29 is 20.1 Å². The number of aromatic carboxylic acids is 1. The first-order valence-corrected chi connectivity index (χ1v) is 4.27. The smallest absolute Gasteiger partial charge is 0.336 e. The molecular formula is C11H8O4. The Morgan fingerprint density at radius 1 is 1.00 bits per heavy atom. The van der Waals surface area contributed by atoms with Crippen LogP contribution in [0.25, 0.3) is 10.8 Å². The molecule has 15 heavy (non-hydrogen) atoms. The number of fused-ring (bicyclic) bond motifs is 1. The quantitative estimate of drug-likeness (QED) is 0.663. The Balaban J connectivity index is 2.87. The van der Waals surface area contributed by atoms with Gasteiger partial charge in [-0.25, -0.2) is 4.79 Å². The molecule has 0 aromatic heterocycles. The zero-order valence-electron chi connectivity index (χ0n) is 7.64. The summed E-state index contributed by atoms with van der Waals surface area (Å²) in [7, 11) is 0. The summed E-state index contributed by atoms with van der Waals surface area (Å²) in [5.74, 6) is -1.25. The number of hydrogen-bond acceptors (Lipinski definition) is 3. The fraction of sp³-hybridized carbons (Fsp3) is 0. The molecule has 0 aliphatic heterocycles. The van der Waals surface area contributed by atoms with E-state index in [2.05, 4.69) is 0 Å². The molecule has 0 radical (unpaired) electrons. The summed E-state index contributed by atoms with van der Waals surface area (Å²) in [4.78, 5) is 10.9. The van der Waals surface area contributed by atoms with Gasteiger partial charge in [0, 0.05) is 5.39 Å². The number of rotatable bonds is 1. The number of carbonyl (C=O) groups is 1. The number of carboxylic acid groups (broad SMARTS) is 1. The lowest BCUT2D eigenvalue weighted by Crippen LogP contribution is -1.97. The molecule has 4 heteroatoms. The summed E-state index contributed by atoms with van der Waals surface area (Å²) in [5, 5.41) is 28.4. The van der Waals surface area contributed by atoms with Crippen LogP contribution in [-0.2, 0) is 0 Å². The van der Waals surface area contributed by atoms with Gasteiger partial charge in [-0.15, -0.1) is 0 Å². The highest BCUT2D eigenvalue weighted by atomic mass is 16.4. The molecule has 0 fully saturated rings. The molecule has 0 heterocycles. The standard InChI is InChI=1S/C11H8O4/c12-7-2-1-6-3-8(13)5-10(11(14)15)9(6)4-7/h1-5,12-13H,(H,14,15). The molecule has 0 bridgehead atoms. The number of phenols is 2. The molecule has 0 amide bonds. The highest BCUT2D eigenvalue weighted by molar-refractivity contribution is 6.04. The Morgan fingerprint density at radius 2 is 1.73 bits per heavy atom. The maximum atomic E-state index is 10.9. The van der Waals surface area contributed by atoms with Gasteiger partial charge in [0.05, 0.1) is 5.56 Å².